The van der Waals surface area contributed by atoms with E-state index in [1.54, 1.807) is 18.3 Å². The zero-order chi connectivity index (χ0) is 22.2. The molecule has 1 N–H and O–H groups in total. The zero-order valence-corrected chi connectivity index (χ0v) is 18.6. The van der Waals surface area contributed by atoms with Gasteiger partial charge in [0.05, 0.1) is 17.8 Å². The molecular formula is C25H25ClN2O3. The van der Waals surface area contributed by atoms with Crippen LogP contribution >= 0.6 is 11.6 Å². The molecule has 0 atom stereocenters. The van der Waals surface area contributed by atoms with Gasteiger partial charge >= 0.3 is 0 Å². The molecule has 0 aliphatic carbocycles. The molecule has 3 aromatic carbocycles. The number of nitrogens with zero attached hydrogens (tertiary/aromatic N) is 1. The van der Waals surface area contributed by atoms with Gasteiger partial charge in [0.2, 0.25) is 0 Å². The molecule has 5 nitrogen and oxygen atoms in total. The molecule has 0 aliphatic rings. The van der Waals surface area contributed by atoms with Gasteiger partial charge in [-0.05, 0) is 66.4 Å². The molecule has 0 radical (unpaired) electrons. The van der Waals surface area contributed by atoms with Crippen LogP contribution in [0.2, 0.25) is 5.02 Å². The second kappa shape index (κ2) is 10.6. The van der Waals surface area contributed by atoms with Crippen LogP contribution in [0.3, 0.4) is 0 Å². The normalized spacial score (nSPS) is 10.8. The Labute approximate surface area is 187 Å². The van der Waals surface area contributed by atoms with E-state index in [4.69, 9.17) is 21.1 Å². The van der Waals surface area contributed by atoms with Gasteiger partial charge in [0.25, 0.3) is 5.91 Å². The number of anilines is 1. The van der Waals surface area contributed by atoms with E-state index in [2.05, 4.69) is 29.4 Å². The number of hydrogen-bond acceptors (Lipinski definition) is 4. The highest BCUT2D eigenvalue weighted by Gasteiger charge is 2.14. The van der Waals surface area contributed by atoms with E-state index in [-0.39, 0.29) is 12.5 Å². The number of aryl methyl sites for hydroxylation is 2. The third kappa shape index (κ3) is 6.33. The van der Waals surface area contributed by atoms with Gasteiger partial charge < -0.3 is 14.8 Å². The lowest BCUT2D eigenvalue weighted by Crippen LogP contribution is -2.20. The quantitative estimate of drug-likeness (QED) is 0.441. The molecule has 31 heavy (non-hydrogen) atoms. The maximum Gasteiger partial charge on any atom is 0.262 e. The van der Waals surface area contributed by atoms with Crippen molar-refractivity contribution in [3.63, 3.8) is 0 Å². The summed E-state index contributed by atoms with van der Waals surface area (Å²) in [5.74, 6) is 0.455. The molecule has 0 saturated heterocycles. The van der Waals surface area contributed by atoms with Crippen molar-refractivity contribution in [3.05, 3.63) is 82.4 Å². The van der Waals surface area contributed by atoms with Crippen molar-refractivity contribution in [2.24, 2.45) is 4.99 Å². The Bertz CT molecular complexity index is 1080. The van der Waals surface area contributed by atoms with E-state index >= 15 is 0 Å². The summed E-state index contributed by atoms with van der Waals surface area (Å²) >= 11 is 6.40. The predicted molar refractivity (Wildman–Crippen MR) is 126 cm³/mol. The molecule has 0 saturated carbocycles. The van der Waals surface area contributed by atoms with E-state index in [0.29, 0.717) is 22.2 Å². The number of hydrogen-bond donors (Lipinski definition) is 1. The Morgan fingerprint density at radius 1 is 1.13 bits per heavy atom. The Hall–Kier alpha value is -3.31. The average Bonchev–Trinajstić information content (AvgIpc) is 2.77. The summed E-state index contributed by atoms with van der Waals surface area (Å²) in [6, 6.07) is 19.1. The molecule has 0 aliphatic heterocycles. The summed E-state index contributed by atoms with van der Waals surface area (Å²) in [7, 11) is 1.52. The fourth-order valence-electron chi connectivity index (χ4n) is 2.98. The van der Waals surface area contributed by atoms with E-state index in [1.807, 2.05) is 43.3 Å². The minimum absolute atomic E-state index is 0.193. The summed E-state index contributed by atoms with van der Waals surface area (Å²) in [5, 5.41) is 3.14. The molecule has 0 heterocycles. The number of nitrogens with one attached hydrogen (secondary N) is 1. The molecule has 0 spiro atoms. The monoisotopic (exact) mass is 436 g/mol. The molecule has 6 heteroatoms. The average molecular weight is 437 g/mol. The number of benzene rings is 3. The maximum atomic E-state index is 12.2. The summed E-state index contributed by atoms with van der Waals surface area (Å²) in [6.45, 7) is 3.88. The smallest absolute Gasteiger partial charge is 0.262 e. The Morgan fingerprint density at radius 2 is 1.90 bits per heavy atom. The summed E-state index contributed by atoms with van der Waals surface area (Å²) in [6.07, 6.45) is 2.70. The van der Waals surface area contributed by atoms with Crippen LogP contribution in [0.1, 0.15) is 23.6 Å². The predicted octanol–water partition coefficient (Wildman–Crippen LogP) is 5.99. The van der Waals surface area contributed by atoms with Crippen molar-refractivity contribution in [1.82, 2.24) is 0 Å². The van der Waals surface area contributed by atoms with Crippen molar-refractivity contribution < 1.29 is 14.3 Å². The first-order valence-corrected chi connectivity index (χ1v) is 10.4. The van der Waals surface area contributed by atoms with Crippen LogP contribution in [0.5, 0.6) is 11.5 Å². The second-order valence-electron chi connectivity index (χ2n) is 7.02. The highest BCUT2D eigenvalue weighted by molar-refractivity contribution is 6.32. The van der Waals surface area contributed by atoms with Crippen LogP contribution in [0.25, 0.3) is 0 Å². The van der Waals surface area contributed by atoms with Crippen molar-refractivity contribution >= 4 is 35.1 Å². The molecule has 0 fully saturated rings. The fraction of sp³-hybridized carbons (Fsp3) is 0.200. The van der Waals surface area contributed by atoms with Gasteiger partial charge in [-0.25, -0.2) is 0 Å². The van der Waals surface area contributed by atoms with E-state index < -0.39 is 0 Å². The van der Waals surface area contributed by atoms with Gasteiger partial charge in [0.15, 0.2) is 18.1 Å². The standard InChI is InChI=1S/C25H25ClN2O3/c1-4-18-8-10-20(11-9-18)27-15-19-13-22(26)25(23(14-19)30-3)31-16-24(29)28-21-7-5-6-17(2)12-21/h5-15H,4,16H2,1-3H3,(H,28,29). The van der Waals surface area contributed by atoms with Crippen LogP contribution in [0, 0.1) is 6.92 Å². The van der Waals surface area contributed by atoms with E-state index in [0.717, 1.165) is 23.2 Å². The summed E-state index contributed by atoms with van der Waals surface area (Å²) in [5.41, 5.74) is 4.64. The van der Waals surface area contributed by atoms with Crippen LogP contribution in [-0.4, -0.2) is 25.8 Å². The second-order valence-corrected chi connectivity index (χ2v) is 7.43. The molecule has 0 unspecified atom stereocenters. The van der Waals surface area contributed by atoms with Crippen LogP contribution < -0.4 is 14.8 Å². The third-order valence-corrected chi connectivity index (χ3v) is 4.89. The first-order chi connectivity index (χ1) is 15.0. The van der Waals surface area contributed by atoms with Crippen LogP contribution in [-0.2, 0) is 11.2 Å². The lowest BCUT2D eigenvalue weighted by Gasteiger charge is -2.13. The topological polar surface area (TPSA) is 59.9 Å². The van der Waals surface area contributed by atoms with E-state index in [1.165, 1.54) is 12.7 Å². The van der Waals surface area contributed by atoms with E-state index in [9.17, 15) is 4.79 Å². The SMILES string of the molecule is CCc1ccc(N=Cc2cc(Cl)c(OCC(=O)Nc3cccc(C)c3)c(OC)c2)cc1. The van der Waals surface area contributed by atoms with Crippen molar-refractivity contribution in [2.75, 3.05) is 19.0 Å². The number of amides is 1. The number of rotatable bonds is 8. The van der Waals surface area contributed by atoms with Gasteiger partial charge in [-0.3, -0.25) is 9.79 Å². The number of methoxy groups -OCH3 is 1. The Kier molecular flexibility index (Phi) is 7.68. The molecule has 1 amide bonds. The Balaban J connectivity index is 1.68. The zero-order valence-electron chi connectivity index (χ0n) is 17.8. The lowest BCUT2D eigenvalue weighted by molar-refractivity contribution is -0.118. The van der Waals surface area contributed by atoms with Gasteiger partial charge in [0, 0.05) is 11.9 Å². The van der Waals surface area contributed by atoms with Gasteiger partial charge in [-0.15, -0.1) is 0 Å². The van der Waals surface area contributed by atoms with Crippen LogP contribution in [0.4, 0.5) is 11.4 Å². The number of halogens is 1. The molecule has 0 bridgehead atoms. The van der Waals surface area contributed by atoms with Crippen molar-refractivity contribution in [3.8, 4) is 11.5 Å². The largest absolute Gasteiger partial charge is 0.493 e. The van der Waals surface area contributed by atoms with Crippen molar-refractivity contribution in [2.45, 2.75) is 20.3 Å². The number of aliphatic imine (C=N–C) groups is 1. The summed E-state index contributed by atoms with van der Waals surface area (Å²) in [4.78, 5) is 16.7. The maximum absolute atomic E-state index is 12.2. The minimum atomic E-state index is -0.287. The van der Waals surface area contributed by atoms with Crippen molar-refractivity contribution in [1.29, 1.82) is 0 Å². The first kappa shape index (κ1) is 22.4. The van der Waals surface area contributed by atoms with Crippen LogP contribution in [0.15, 0.2) is 65.7 Å². The molecule has 160 valence electrons. The molecular weight excluding hydrogens is 412 g/mol. The third-order valence-electron chi connectivity index (χ3n) is 4.61. The minimum Gasteiger partial charge on any atom is -0.493 e. The highest BCUT2D eigenvalue weighted by atomic mass is 35.5. The number of carbonyl (C=O) groups is 1. The Morgan fingerprint density at radius 3 is 2.58 bits per heavy atom. The lowest BCUT2D eigenvalue weighted by atomic mass is 10.1. The molecule has 3 rings (SSSR count). The van der Waals surface area contributed by atoms with Gasteiger partial charge in [-0.1, -0.05) is 42.8 Å². The fourth-order valence-corrected chi connectivity index (χ4v) is 3.25. The molecule has 0 aromatic heterocycles. The highest BCUT2D eigenvalue weighted by Crippen LogP contribution is 2.36. The number of ether oxygens (including phenoxy) is 2. The van der Waals surface area contributed by atoms with Gasteiger partial charge in [-0.2, -0.15) is 0 Å². The van der Waals surface area contributed by atoms with Gasteiger partial charge in [0.1, 0.15) is 0 Å². The summed E-state index contributed by atoms with van der Waals surface area (Å²) < 4.78 is 11.1. The number of carbonyl (C=O) groups excluding carboxylic acids is 1. The molecule has 3 aromatic rings. The first-order valence-electron chi connectivity index (χ1n) is 9.98.